The molecule has 0 atom stereocenters. The second-order valence-electron chi connectivity index (χ2n) is 3.67. The average Bonchev–Trinajstić information content (AvgIpc) is 2.75. The molecule has 2 aromatic rings. The maximum atomic E-state index is 5.01. The summed E-state index contributed by atoms with van der Waals surface area (Å²) in [5.41, 5.74) is 2.04. The minimum atomic E-state index is 0.428. The van der Waals surface area contributed by atoms with Gasteiger partial charge in [0.15, 0.2) is 0 Å². The lowest BCUT2D eigenvalue weighted by atomic mass is 10.1. The van der Waals surface area contributed by atoms with Crippen molar-refractivity contribution in [3.05, 3.63) is 57.3 Å². The van der Waals surface area contributed by atoms with Gasteiger partial charge in [0.05, 0.1) is 11.5 Å². The molecule has 2 rings (SSSR count). The predicted molar refractivity (Wildman–Crippen MR) is 70.5 cm³/mol. The van der Waals surface area contributed by atoms with E-state index in [2.05, 4.69) is 29.7 Å². The van der Waals surface area contributed by atoms with E-state index in [0.717, 1.165) is 16.0 Å². The van der Waals surface area contributed by atoms with Gasteiger partial charge in [0, 0.05) is 10.4 Å². The van der Waals surface area contributed by atoms with E-state index in [0.29, 0.717) is 6.61 Å². The first-order valence-electron chi connectivity index (χ1n) is 5.27. The SMILES string of the molecule is Cc1ccc(C#Cc2ccc(CON)cc2)s1. The number of rotatable bonds is 2. The standard InChI is InChI=1S/C14H13NOS/c1-11-2-8-14(17-11)9-7-12-3-5-13(6-4-12)10-16-15/h2-6,8H,10,15H2,1H3. The molecule has 0 unspecified atom stereocenters. The number of thiophene rings is 1. The Hall–Kier alpha value is -1.60. The third-order valence-electron chi connectivity index (χ3n) is 2.27. The van der Waals surface area contributed by atoms with Crippen LogP contribution in [0, 0.1) is 18.8 Å². The van der Waals surface area contributed by atoms with E-state index in [1.807, 2.05) is 30.3 Å². The van der Waals surface area contributed by atoms with E-state index in [-0.39, 0.29) is 0 Å². The van der Waals surface area contributed by atoms with Gasteiger partial charge in [-0.3, -0.25) is 4.84 Å². The number of nitrogens with two attached hydrogens (primary N) is 1. The van der Waals surface area contributed by atoms with Gasteiger partial charge in [-0.2, -0.15) is 0 Å². The first-order chi connectivity index (χ1) is 8.28. The summed E-state index contributed by atoms with van der Waals surface area (Å²) in [4.78, 5) is 6.94. The maximum absolute atomic E-state index is 5.01. The number of aryl methyl sites for hydroxylation is 1. The first-order valence-corrected chi connectivity index (χ1v) is 6.08. The van der Waals surface area contributed by atoms with Crippen LogP contribution < -0.4 is 5.90 Å². The lowest BCUT2D eigenvalue weighted by Gasteiger charge is -1.97. The molecule has 0 fully saturated rings. The molecule has 0 aliphatic carbocycles. The maximum Gasteiger partial charge on any atom is 0.0930 e. The normalized spacial score (nSPS) is 9.76. The van der Waals surface area contributed by atoms with Crippen LogP contribution in [0.4, 0.5) is 0 Å². The molecule has 0 radical (unpaired) electrons. The van der Waals surface area contributed by atoms with Crippen molar-refractivity contribution in [3.8, 4) is 11.8 Å². The Morgan fingerprint density at radius 3 is 2.47 bits per heavy atom. The Kier molecular flexibility index (Phi) is 3.94. The molecule has 1 aromatic carbocycles. The Labute approximate surface area is 105 Å². The number of benzene rings is 1. The summed E-state index contributed by atoms with van der Waals surface area (Å²) >= 11 is 1.71. The van der Waals surface area contributed by atoms with Crippen LogP contribution in [0.5, 0.6) is 0 Å². The zero-order valence-electron chi connectivity index (χ0n) is 9.57. The van der Waals surface area contributed by atoms with Gasteiger partial charge in [0.25, 0.3) is 0 Å². The molecule has 1 aromatic heterocycles. The highest BCUT2D eigenvalue weighted by Crippen LogP contribution is 2.13. The molecule has 1 heterocycles. The van der Waals surface area contributed by atoms with Crippen molar-refractivity contribution < 1.29 is 4.84 Å². The highest BCUT2D eigenvalue weighted by molar-refractivity contribution is 7.12. The van der Waals surface area contributed by atoms with Gasteiger partial charge in [-0.15, -0.1) is 11.3 Å². The Balaban J connectivity index is 2.11. The van der Waals surface area contributed by atoms with Gasteiger partial charge in [-0.25, -0.2) is 5.90 Å². The largest absolute Gasteiger partial charge is 0.300 e. The van der Waals surface area contributed by atoms with Crippen molar-refractivity contribution in [2.24, 2.45) is 5.90 Å². The third kappa shape index (κ3) is 3.43. The van der Waals surface area contributed by atoms with Gasteiger partial charge in [-0.1, -0.05) is 24.0 Å². The zero-order valence-corrected chi connectivity index (χ0v) is 10.4. The minimum absolute atomic E-state index is 0.428. The Bertz CT molecular complexity index is 546. The van der Waals surface area contributed by atoms with Gasteiger partial charge >= 0.3 is 0 Å². The second kappa shape index (κ2) is 5.65. The molecule has 2 N–H and O–H groups in total. The fourth-order valence-electron chi connectivity index (χ4n) is 1.42. The lowest BCUT2D eigenvalue weighted by molar-refractivity contribution is 0.124. The van der Waals surface area contributed by atoms with Gasteiger partial charge < -0.3 is 0 Å². The van der Waals surface area contributed by atoms with E-state index >= 15 is 0 Å². The topological polar surface area (TPSA) is 35.2 Å². The van der Waals surface area contributed by atoms with Crippen LogP contribution >= 0.6 is 11.3 Å². The summed E-state index contributed by atoms with van der Waals surface area (Å²) in [5.74, 6) is 11.3. The van der Waals surface area contributed by atoms with Crippen LogP contribution in [0.15, 0.2) is 36.4 Å². The summed E-state index contributed by atoms with van der Waals surface area (Å²) in [6, 6.07) is 12.0. The molecule has 86 valence electrons. The molecule has 0 bridgehead atoms. The third-order valence-corrected chi connectivity index (χ3v) is 3.19. The summed E-state index contributed by atoms with van der Waals surface area (Å²) < 4.78 is 0. The summed E-state index contributed by atoms with van der Waals surface area (Å²) in [7, 11) is 0. The van der Waals surface area contributed by atoms with E-state index in [9.17, 15) is 0 Å². The molecular formula is C14H13NOS. The Morgan fingerprint density at radius 1 is 1.12 bits per heavy atom. The van der Waals surface area contributed by atoms with Crippen molar-refractivity contribution in [3.63, 3.8) is 0 Å². The van der Waals surface area contributed by atoms with Crippen molar-refractivity contribution >= 4 is 11.3 Å². The van der Waals surface area contributed by atoms with Crippen LogP contribution in [-0.4, -0.2) is 0 Å². The summed E-state index contributed by atoms with van der Waals surface area (Å²) in [6.45, 7) is 2.51. The van der Waals surface area contributed by atoms with Gasteiger partial charge in [0.1, 0.15) is 0 Å². The molecule has 0 saturated heterocycles. The van der Waals surface area contributed by atoms with Crippen molar-refractivity contribution in [2.45, 2.75) is 13.5 Å². The van der Waals surface area contributed by atoms with E-state index in [1.165, 1.54) is 4.88 Å². The van der Waals surface area contributed by atoms with E-state index in [1.54, 1.807) is 11.3 Å². The fourth-order valence-corrected chi connectivity index (χ4v) is 2.14. The molecule has 3 heteroatoms. The zero-order chi connectivity index (χ0) is 12.1. The molecule has 0 aliphatic rings. The van der Waals surface area contributed by atoms with Crippen LogP contribution in [0.2, 0.25) is 0 Å². The minimum Gasteiger partial charge on any atom is -0.300 e. The molecule has 0 saturated carbocycles. The summed E-state index contributed by atoms with van der Waals surface area (Å²) in [5, 5.41) is 0. The second-order valence-corrected chi connectivity index (χ2v) is 4.96. The van der Waals surface area contributed by atoms with Crippen LogP contribution in [0.3, 0.4) is 0 Å². The molecule has 17 heavy (non-hydrogen) atoms. The molecule has 0 spiro atoms. The quantitative estimate of drug-likeness (QED) is 0.650. The molecular weight excluding hydrogens is 230 g/mol. The highest BCUT2D eigenvalue weighted by atomic mass is 32.1. The van der Waals surface area contributed by atoms with Crippen molar-refractivity contribution in [1.29, 1.82) is 0 Å². The average molecular weight is 243 g/mol. The number of hydrogen-bond donors (Lipinski definition) is 1. The lowest BCUT2D eigenvalue weighted by Crippen LogP contribution is -1.98. The molecule has 0 aliphatic heterocycles. The molecule has 2 nitrogen and oxygen atoms in total. The van der Waals surface area contributed by atoms with Crippen LogP contribution in [0.25, 0.3) is 0 Å². The smallest absolute Gasteiger partial charge is 0.0930 e. The van der Waals surface area contributed by atoms with Gasteiger partial charge in [-0.05, 0) is 36.8 Å². The predicted octanol–water partition coefficient (Wildman–Crippen LogP) is 2.85. The van der Waals surface area contributed by atoms with Crippen molar-refractivity contribution in [1.82, 2.24) is 0 Å². The monoisotopic (exact) mass is 243 g/mol. The highest BCUT2D eigenvalue weighted by Gasteiger charge is 1.93. The number of hydrogen-bond acceptors (Lipinski definition) is 3. The molecule has 0 amide bonds. The van der Waals surface area contributed by atoms with E-state index in [4.69, 9.17) is 5.90 Å². The summed E-state index contributed by atoms with van der Waals surface area (Å²) in [6.07, 6.45) is 0. The Morgan fingerprint density at radius 2 is 1.88 bits per heavy atom. The van der Waals surface area contributed by atoms with Crippen molar-refractivity contribution in [2.75, 3.05) is 0 Å². The fraction of sp³-hybridized carbons (Fsp3) is 0.143. The first kappa shape index (κ1) is 11.9. The van der Waals surface area contributed by atoms with Crippen LogP contribution in [-0.2, 0) is 11.4 Å². The van der Waals surface area contributed by atoms with Gasteiger partial charge in [0.2, 0.25) is 0 Å². The van der Waals surface area contributed by atoms with Crippen LogP contribution in [0.1, 0.15) is 20.9 Å². The van der Waals surface area contributed by atoms with E-state index < -0.39 is 0 Å².